The Bertz CT molecular complexity index is 352. The van der Waals surface area contributed by atoms with Crippen LogP contribution in [-0.4, -0.2) is 15.8 Å². The molecule has 3 nitrogen and oxygen atoms in total. The summed E-state index contributed by atoms with van der Waals surface area (Å²) in [6.45, 7) is 13.2. The highest BCUT2D eigenvalue weighted by Gasteiger charge is 2.12. The fourth-order valence-electron chi connectivity index (χ4n) is 1.90. The number of aryl methyl sites for hydroxylation is 2. The zero-order valence-electron chi connectivity index (χ0n) is 10.9. The third-order valence-electron chi connectivity index (χ3n) is 2.88. The van der Waals surface area contributed by atoms with Crippen LogP contribution in [0.3, 0.4) is 0 Å². The van der Waals surface area contributed by atoms with Gasteiger partial charge in [0.1, 0.15) is 0 Å². The molecule has 1 N–H and O–H groups in total. The van der Waals surface area contributed by atoms with E-state index in [-0.39, 0.29) is 0 Å². The average Bonchev–Trinajstić information content (AvgIpc) is 2.53. The van der Waals surface area contributed by atoms with E-state index in [1.54, 1.807) is 0 Å². The molecular formula is C13H23N3. The van der Waals surface area contributed by atoms with Crippen LogP contribution in [0.5, 0.6) is 0 Å². The van der Waals surface area contributed by atoms with Gasteiger partial charge in [0.25, 0.3) is 0 Å². The molecular weight excluding hydrogens is 198 g/mol. The van der Waals surface area contributed by atoms with Gasteiger partial charge >= 0.3 is 0 Å². The smallest absolute Gasteiger partial charge is 0.0828 e. The van der Waals surface area contributed by atoms with Crippen LogP contribution in [-0.2, 0) is 6.54 Å². The molecule has 0 aliphatic rings. The van der Waals surface area contributed by atoms with Gasteiger partial charge in [-0.3, -0.25) is 4.68 Å². The fraction of sp³-hybridized carbons (Fsp3) is 0.615. The van der Waals surface area contributed by atoms with Crippen molar-refractivity contribution >= 4 is 5.69 Å². The molecule has 0 aliphatic carbocycles. The van der Waals surface area contributed by atoms with Gasteiger partial charge in [-0.1, -0.05) is 6.08 Å². The quantitative estimate of drug-likeness (QED) is 0.747. The van der Waals surface area contributed by atoms with Gasteiger partial charge in [0, 0.05) is 12.6 Å². The number of rotatable bonds is 6. The zero-order chi connectivity index (χ0) is 12.1. The number of nitrogens with one attached hydrogen (secondary N) is 1. The Hall–Kier alpha value is -1.25. The van der Waals surface area contributed by atoms with Crippen LogP contribution >= 0.6 is 0 Å². The van der Waals surface area contributed by atoms with Crippen molar-refractivity contribution in [3.63, 3.8) is 0 Å². The van der Waals surface area contributed by atoms with Crippen molar-refractivity contribution in [3.8, 4) is 0 Å². The van der Waals surface area contributed by atoms with Crippen molar-refractivity contribution in [3.05, 3.63) is 24.0 Å². The highest BCUT2D eigenvalue weighted by atomic mass is 15.3. The Morgan fingerprint density at radius 2 is 2.19 bits per heavy atom. The molecule has 0 amide bonds. The second kappa shape index (κ2) is 5.73. The molecule has 0 fully saturated rings. The van der Waals surface area contributed by atoms with Gasteiger partial charge in [0.15, 0.2) is 0 Å². The van der Waals surface area contributed by atoms with Crippen LogP contribution in [0.15, 0.2) is 12.7 Å². The summed E-state index contributed by atoms with van der Waals surface area (Å²) in [4.78, 5) is 0. The van der Waals surface area contributed by atoms with E-state index in [0.29, 0.717) is 6.04 Å². The molecule has 0 radical (unpaired) electrons. The highest BCUT2D eigenvalue weighted by Crippen LogP contribution is 2.21. The van der Waals surface area contributed by atoms with E-state index in [1.165, 1.54) is 11.4 Å². The maximum atomic E-state index is 4.50. The van der Waals surface area contributed by atoms with E-state index >= 15 is 0 Å². The Morgan fingerprint density at radius 3 is 2.69 bits per heavy atom. The molecule has 0 bridgehead atoms. The number of anilines is 1. The molecule has 16 heavy (non-hydrogen) atoms. The first-order chi connectivity index (χ1) is 7.60. The Morgan fingerprint density at radius 1 is 1.50 bits per heavy atom. The Balaban J connectivity index is 2.72. The Labute approximate surface area is 98.5 Å². The molecule has 1 aromatic rings. The SMILES string of the molecule is C=CCCC(C)Nc1c(C)nn(CC)c1C. The van der Waals surface area contributed by atoms with Crippen LogP contribution in [0, 0.1) is 13.8 Å². The standard InChI is InChI=1S/C13H23N3/c1-6-8-9-10(3)14-13-11(4)15-16(7-2)12(13)5/h6,10,14H,1,7-9H2,2-5H3. The molecule has 0 aromatic carbocycles. The minimum atomic E-state index is 0.463. The second-order valence-electron chi connectivity index (χ2n) is 4.27. The lowest BCUT2D eigenvalue weighted by Crippen LogP contribution is -2.15. The summed E-state index contributed by atoms with van der Waals surface area (Å²) in [5.41, 5.74) is 3.51. The van der Waals surface area contributed by atoms with Crippen molar-refractivity contribution in [2.24, 2.45) is 0 Å². The van der Waals surface area contributed by atoms with Gasteiger partial charge in [0.05, 0.1) is 17.1 Å². The lowest BCUT2D eigenvalue weighted by molar-refractivity contribution is 0.634. The predicted molar refractivity (Wildman–Crippen MR) is 69.9 cm³/mol. The molecule has 1 heterocycles. The van der Waals surface area contributed by atoms with Gasteiger partial charge < -0.3 is 5.32 Å². The normalized spacial score (nSPS) is 12.5. The largest absolute Gasteiger partial charge is 0.380 e. The molecule has 3 heteroatoms. The van der Waals surface area contributed by atoms with Gasteiger partial charge in [-0.15, -0.1) is 6.58 Å². The summed E-state index contributed by atoms with van der Waals surface area (Å²) in [7, 11) is 0. The molecule has 1 rings (SSSR count). The topological polar surface area (TPSA) is 29.9 Å². The third-order valence-corrected chi connectivity index (χ3v) is 2.88. The van der Waals surface area contributed by atoms with E-state index in [1.807, 2.05) is 10.8 Å². The van der Waals surface area contributed by atoms with Gasteiger partial charge in [-0.2, -0.15) is 5.10 Å². The summed E-state index contributed by atoms with van der Waals surface area (Å²) in [6, 6.07) is 0.463. The minimum Gasteiger partial charge on any atom is -0.380 e. The fourth-order valence-corrected chi connectivity index (χ4v) is 1.90. The number of nitrogens with zero attached hydrogens (tertiary/aromatic N) is 2. The first-order valence-electron chi connectivity index (χ1n) is 6.01. The van der Waals surface area contributed by atoms with E-state index in [9.17, 15) is 0 Å². The molecule has 0 saturated carbocycles. The molecule has 1 aromatic heterocycles. The van der Waals surface area contributed by atoms with E-state index in [4.69, 9.17) is 0 Å². The minimum absolute atomic E-state index is 0.463. The summed E-state index contributed by atoms with van der Waals surface area (Å²) in [5, 5.41) is 8.03. The monoisotopic (exact) mass is 221 g/mol. The second-order valence-corrected chi connectivity index (χ2v) is 4.27. The number of hydrogen-bond acceptors (Lipinski definition) is 2. The van der Waals surface area contributed by atoms with Crippen molar-refractivity contribution in [2.45, 2.75) is 53.1 Å². The number of allylic oxidation sites excluding steroid dienone is 1. The maximum Gasteiger partial charge on any atom is 0.0828 e. The van der Waals surface area contributed by atoms with Crippen molar-refractivity contribution in [1.82, 2.24) is 9.78 Å². The van der Waals surface area contributed by atoms with E-state index < -0.39 is 0 Å². The van der Waals surface area contributed by atoms with Crippen LogP contribution in [0.25, 0.3) is 0 Å². The third kappa shape index (κ3) is 2.87. The molecule has 1 atom stereocenters. The van der Waals surface area contributed by atoms with Crippen LogP contribution in [0.2, 0.25) is 0 Å². The molecule has 0 spiro atoms. The van der Waals surface area contributed by atoms with Crippen LogP contribution in [0.4, 0.5) is 5.69 Å². The number of aromatic nitrogens is 2. The van der Waals surface area contributed by atoms with Crippen molar-refractivity contribution in [1.29, 1.82) is 0 Å². The summed E-state index contributed by atoms with van der Waals surface area (Å²) in [6.07, 6.45) is 4.13. The first-order valence-corrected chi connectivity index (χ1v) is 6.01. The summed E-state index contributed by atoms with van der Waals surface area (Å²) in [5.74, 6) is 0. The molecule has 90 valence electrons. The lowest BCUT2D eigenvalue weighted by Gasteiger charge is -2.14. The van der Waals surface area contributed by atoms with Gasteiger partial charge in [-0.05, 0) is 40.5 Å². The Kier molecular flexibility index (Phi) is 4.59. The lowest BCUT2D eigenvalue weighted by atomic mass is 10.1. The van der Waals surface area contributed by atoms with Gasteiger partial charge in [0.2, 0.25) is 0 Å². The summed E-state index contributed by atoms with van der Waals surface area (Å²) >= 11 is 0. The van der Waals surface area contributed by atoms with Crippen molar-refractivity contribution < 1.29 is 0 Å². The van der Waals surface area contributed by atoms with Gasteiger partial charge in [-0.25, -0.2) is 0 Å². The van der Waals surface area contributed by atoms with Crippen LogP contribution in [0.1, 0.15) is 38.1 Å². The van der Waals surface area contributed by atoms with E-state index in [2.05, 4.69) is 44.7 Å². The highest BCUT2D eigenvalue weighted by molar-refractivity contribution is 5.52. The van der Waals surface area contributed by atoms with Crippen LogP contribution < -0.4 is 5.32 Å². The van der Waals surface area contributed by atoms with Crippen molar-refractivity contribution in [2.75, 3.05) is 5.32 Å². The maximum absolute atomic E-state index is 4.50. The first kappa shape index (κ1) is 12.8. The molecule has 1 unspecified atom stereocenters. The molecule has 0 saturated heterocycles. The zero-order valence-corrected chi connectivity index (χ0v) is 10.9. The summed E-state index contributed by atoms with van der Waals surface area (Å²) < 4.78 is 2.04. The predicted octanol–water partition coefficient (Wildman–Crippen LogP) is 3.29. The van der Waals surface area contributed by atoms with E-state index in [0.717, 1.165) is 25.1 Å². The average molecular weight is 221 g/mol. The molecule has 0 aliphatic heterocycles. The number of hydrogen-bond donors (Lipinski definition) is 1.